The molecule has 0 amide bonds. The van der Waals surface area contributed by atoms with Gasteiger partial charge in [-0.05, 0) is 31.5 Å². The highest BCUT2D eigenvalue weighted by molar-refractivity contribution is 5.50. The van der Waals surface area contributed by atoms with Crippen molar-refractivity contribution in [3.63, 3.8) is 0 Å². The van der Waals surface area contributed by atoms with Crippen molar-refractivity contribution in [3.8, 4) is 11.6 Å². The van der Waals surface area contributed by atoms with Gasteiger partial charge in [-0.15, -0.1) is 0 Å². The first-order chi connectivity index (χ1) is 9.51. The van der Waals surface area contributed by atoms with Crippen LogP contribution >= 0.6 is 0 Å². The van der Waals surface area contributed by atoms with Gasteiger partial charge in [0.2, 0.25) is 5.88 Å². The van der Waals surface area contributed by atoms with Gasteiger partial charge < -0.3 is 10.2 Å². The normalized spacial score (nSPS) is 10.2. The van der Waals surface area contributed by atoms with E-state index >= 15 is 0 Å². The number of pyridine rings is 1. The van der Waals surface area contributed by atoms with Crippen molar-refractivity contribution >= 4 is 11.5 Å². The van der Waals surface area contributed by atoms with Crippen LogP contribution in [-0.2, 0) is 0 Å². The van der Waals surface area contributed by atoms with Gasteiger partial charge in [0.25, 0.3) is 5.69 Å². The second kappa shape index (κ2) is 5.54. The Balaban J connectivity index is 2.34. The van der Waals surface area contributed by atoms with Crippen LogP contribution in [0, 0.1) is 24.0 Å². The Labute approximate surface area is 115 Å². The maximum Gasteiger partial charge on any atom is 0.272 e. The Kier molecular flexibility index (Phi) is 3.81. The van der Waals surface area contributed by atoms with E-state index in [1.54, 1.807) is 38.1 Å². The maximum atomic E-state index is 10.9. The van der Waals surface area contributed by atoms with Gasteiger partial charge in [0, 0.05) is 17.7 Å². The summed E-state index contributed by atoms with van der Waals surface area (Å²) in [6.07, 6.45) is 0. The molecule has 0 aliphatic heterocycles. The smallest absolute Gasteiger partial charge is 0.272 e. The van der Waals surface area contributed by atoms with Crippen LogP contribution in [0.25, 0.3) is 0 Å². The van der Waals surface area contributed by atoms with Crippen LogP contribution in [0.3, 0.4) is 0 Å². The molecule has 0 aliphatic rings. The first-order valence-corrected chi connectivity index (χ1v) is 5.88. The molecule has 0 saturated heterocycles. The highest BCUT2D eigenvalue weighted by atomic mass is 16.6. The number of hydrogen-bond acceptors (Lipinski definition) is 6. The van der Waals surface area contributed by atoms with Crippen molar-refractivity contribution < 1.29 is 9.66 Å². The van der Waals surface area contributed by atoms with Crippen molar-refractivity contribution in [3.05, 3.63) is 51.6 Å². The van der Waals surface area contributed by atoms with Gasteiger partial charge in [-0.2, -0.15) is 4.98 Å². The summed E-state index contributed by atoms with van der Waals surface area (Å²) in [5.74, 6) is 6.63. The number of aryl methyl sites for hydroxylation is 2. The van der Waals surface area contributed by atoms with Crippen LogP contribution in [0.2, 0.25) is 0 Å². The molecule has 1 heterocycles. The topological polar surface area (TPSA) is 103 Å². The number of rotatable bonds is 4. The van der Waals surface area contributed by atoms with Crippen molar-refractivity contribution in [1.29, 1.82) is 0 Å². The van der Waals surface area contributed by atoms with E-state index in [2.05, 4.69) is 10.4 Å². The average Bonchev–Trinajstić information content (AvgIpc) is 2.42. The number of nitrogens with zero attached hydrogens (tertiary/aromatic N) is 2. The molecule has 7 heteroatoms. The van der Waals surface area contributed by atoms with E-state index in [1.165, 1.54) is 6.07 Å². The zero-order valence-corrected chi connectivity index (χ0v) is 11.1. The molecule has 104 valence electrons. The summed E-state index contributed by atoms with van der Waals surface area (Å²) in [6.45, 7) is 3.41. The van der Waals surface area contributed by atoms with Gasteiger partial charge in [-0.1, -0.05) is 6.07 Å². The fourth-order valence-electron chi connectivity index (χ4n) is 1.75. The molecule has 0 bridgehead atoms. The number of benzene rings is 1. The van der Waals surface area contributed by atoms with E-state index in [1.807, 2.05) is 0 Å². The third-order valence-corrected chi connectivity index (χ3v) is 2.78. The van der Waals surface area contributed by atoms with Gasteiger partial charge >= 0.3 is 0 Å². The van der Waals surface area contributed by atoms with Crippen LogP contribution in [0.5, 0.6) is 11.6 Å². The minimum Gasteiger partial charge on any atom is -0.439 e. The predicted molar refractivity (Wildman–Crippen MR) is 74.7 cm³/mol. The molecule has 0 aliphatic carbocycles. The third-order valence-electron chi connectivity index (χ3n) is 2.78. The number of hydrazine groups is 1. The Morgan fingerprint density at radius 2 is 2.05 bits per heavy atom. The second-order valence-corrected chi connectivity index (χ2v) is 4.27. The molecule has 0 radical (unpaired) electrons. The van der Waals surface area contributed by atoms with E-state index in [-0.39, 0.29) is 5.69 Å². The lowest BCUT2D eigenvalue weighted by atomic mass is 10.1. The zero-order valence-electron chi connectivity index (χ0n) is 11.1. The molecule has 0 spiro atoms. The van der Waals surface area contributed by atoms with Gasteiger partial charge in [0.05, 0.1) is 4.92 Å². The summed E-state index contributed by atoms with van der Waals surface area (Å²) in [7, 11) is 0. The highest BCUT2D eigenvalue weighted by Gasteiger charge is 2.14. The summed E-state index contributed by atoms with van der Waals surface area (Å²) < 4.78 is 5.64. The van der Waals surface area contributed by atoms with Crippen LogP contribution in [0.15, 0.2) is 30.3 Å². The number of ether oxygens (including phenoxy) is 1. The fourth-order valence-corrected chi connectivity index (χ4v) is 1.75. The van der Waals surface area contributed by atoms with Crippen molar-refractivity contribution in [1.82, 2.24) is 4.98 Å². The lowest BCUT2D eigenvalue weighted by molar-refractivity contribution is -0.385. The van der Waals surface area contributed by atoms with E-state index in [0.29, 0.717) is 28.6 Å². The molecule has 0 atom stereocenters. The lowest BCUT2D eigenvalue weighted by Gasteiger charge is -2.10. The molecule has 1 aromatic carbocycles. The Hall–Kier alpha value is -2.67. The van der Waals surface area contributed by atoms with Gasteiger partial charge in [-0.3, -0.25) is 10.1 Å². The average molecular weight is 274 g/mol. The molecule has 0 fully saturated rings. The largest absolute Gasteiger partial charge is 0.439 e. The third kappa shape index (κ3) is 2.83. The monoisotopic (exact) mass is 274 g/mol. The van der Waals surface area contributed by atoms with E-state index in [4.69, 9.17) is 10.6 Å². The van der Waals surface area contributed by atoms with Crippen LogP contribution in [0.4, 0.5) is 11.5 Å². The number of hydrogen-bond donors (Lipinski definition) is 2. The Morgan fingerprint density at radius 3 is 2.70 bits per heavy atom. The van der Waals surface area contributed by atoms with Crippen LogP contribution in [0.1, 0.15) is 11.1 Å². The molecule has 3 N–H and O–H groups in total. The summed E-state index contributed by atoms with van der Waals surface area (Å²) >= 11 is 0. The van der Waals surface area contributed by atoms with Crippen molar-refractivity contribution in [2.75, 3.05) is 5.43 Å². The zero-order chi connectivity index (χ0) is 14.7. The number of aromatic nitrogens is 1. The Bertz CT molecular complexity index is 658. The predicted octanol–water partition coefficient (Wildman–Crippen LogP) is 2.68. The van der Waals surface area contributed by atoms with Gasteiger partial charge in [0.1, 0.15) is 11.6 Å². The summed E-state index contributed by atoms with van der Waals surface area (Å²) in [5, 5.41) is 10.9. The van der Waals surface area contributed by atoms with Crippen molar-refractivity contribution in [2.45, 2.75) is 13.8 Å². The molecular weight excluding hydrogens is 260 g/mol. The molecule has 0 unspecified atom stereocenters. The summed E-state index contributed by atoms with van der Waals surface area (Å²) in [6, 6.07) is 8.22. The fraction of sp³-hybridized carbons (Fsp3) is 0.154. The molecule has 7 nitrogen and oxygen atoms in total. The molecule has 1 aromatic heterocycles. The first-order valence-electron chi connectivity index (χ1n) is 5.88. The maximum absolute atomic E-state index is 10.9. The molecule has 0 saturated carbocycles. The number of anilines is 1. The van der Waals surface area contributed by atoms with Gasteiger partial charge in [0.15, 0.2) is 0 Å². The van der Waals surface area contributed by atoms with E-state index in [0.717, 1.165) is 0 Å². The van der Waals surface area contributed by atoms with E-state index in [9.17, 15) is 10.1 Å². The standard InChI is InChI=1S/C13H14N4O3/c1-8-7-11(9(2)6-10(8)17(18)19)20-13-5-3-4-12(15-13)16-14/h3-7H,14H2,1-2H3,(H,15,16). The van der Waals surface area contributed by atoms with E-state index < -0.39 is 4.92 Å². The number of nitrogen functional groups attached to an aromatic ring is 1. The minimum absolute atomic E-state index is 0.0696. The van der Waals surface area contributed by atoms with Crippen LogP contribution in [-0.4, -0.2) is 9.91 Å². The summed E-state index contributed by atoms with van der Waals surface area (Å²) in [4.78, 5) is 14.6. The lowest BCUT2D eigenvalue weighted by Crippen LogP contribution is -2.08. The molecular formula is C13H14N4O3. The quantitative estimate of drug-likeness (QED) is 0.504. The molecule has 20 heavy (non-hydrogen) atoms. The molecule has 2 aromatic rings. The number of nitrogens with one attached hydrogen (secondary N) is 1. The number of nitrogens with two attached hydrogens (primary N) is 1. The number of nitro benzene ring substituents is 1. The Morgan fingerprint density at radius 1 is 1.30 bits per heavy atom. The minimum atomic E-state index is -0.413. The van der Waals surface area contributed by atoms with Gasteiger partial charge in [-0.25, -0.2) is 5.84 Å². The summed E-state index contributed by atoms with van der Waals surface area (Å²) in [5.41, 5.74) is 3.69. The SMILES string of the molecule is Cc1cc([N+](=O)[O-])c(C)cc1Oc1cccc(NN)n1. The first kappa shape index (κ1) is 13.8. The highest BCUT2D eigenvalue weighted by Crippen LogP contribution is 2.30. The molecule has 2 rings (SSSR count). The van der Waals surface area contributed by atoms with Crippen molar-refractivity contribution in [2.24, 2.45) is 5.84 Å². The van der Waals surface area contributed by atoms with Crippen LogP contribution < -0.4 is 16.0 Å². The second-order valence-electron chi connectivity index (χ2n) is 4.27. The number of nitro groups is 1.